The standard InChI is InChI=1S/C5H13NO3/c1-4(8)5(6-9)2-3-7/h4-9H,2-3H2,1H3. The average Bonchev–Trinajstić information content (AvgIpc) is 1.82. The summed E-state index contributed by atoms with van der Waals surface area (Å²) in [4.78, 5) is 0. The summed E-state index contributed by atoms with van der Waals surface area (Å²) in [5, 5.41) is 25.5. The van der Waals surface area contributed by atoms with Crippen molar-refractivity contribution in [2.24, 2.45) is 0 Å². The fourth-order valence-corrected chi connectivity index (χ4v) is 0.553. The van der Waals surface area contributed by atoms with E-state index in [4.69, 9.17) is 15.4 Å². The summed E-state index contributed by atoms with van der Waals surface area (Å²) in [5.74, 6) is 0. The minimum Gasteiger partial charge on any atom is -0.396 e. The minimum atomic E-state index is -0.637. The third-order valence-electron chi connectivity index (χ3n) is 1.19. The predicted octanol–water partition coefficient (Wildman–Crippen LogP) is -0.903. The molecule has 2 unspecified atom stereocenters. The van der Waals surface area contributed by atoms with Gasteiger partial charge in [-0.2, -0.15) is 5.48 Å². The van der Waals surface area contributed by atoms with E-state index in [-0.39, 0.29) is 6.61 Å². The van der Waals surface area contributed by atoms with Crippen molar-refractivity contribution in [1.29, 1.82) is 0 Å². The van der Waals surface area contributed by atoms with E-state index in [1.165, 1.54) is 0 Å². The van der Waals surface area contributed by atoms with Gasteiger partial charge in [0.15, 0.2) is 0 Å². The monoisotopic (exact) mass is 135 g/mol. The van der Waals surface area contributed by atoms with Crippen molar-refractivity contribution in [2.45, 2.75) is 25.5 Å². The molecule has 0 aliphatic carbocycles. The number of aliphatic hydroxyl groups excluding tert-OH is 2. The van der Waals surface area contributed by atoms with Gasteiger partial charge in [-0.25, -0.2) is 0 Å². The van der Waals surface area contributed by atoms with Gasteiger partial charge in [0.1, 0.15) is 0 Å². The van der Waals surface area contributed by atoms with E-state index in [1.54, 1.807) is 6.92 Å². The highest BCUT2D eigenvalue weighted by molar-refractivity contribution is 4.66. The molecule has 0 spiro atoms. The summed E-state index contributed by atoms with van der Waals surface area (Å²) in [5.41, 5.74) is 1.89. The lowest BCUT2D eigenvalue weighted by Crippen LogP contribution is -2.36. The molecule has 0 amide bonds. The van der Waals surface area contributed by atoms with Crippen molar-refractivity contribution in [1.82, 2.24) is 5.48 Å². The first kappa shape index (κ1) is 8.84. The lowest BCUT2D eigenvalue weighted by atomic mass is 10.1. The number of hydrogen-bond donors (Lipinski definition) is 4. The molecule has 0 aliphatic rings. The second-order valence-electron chi connectivity index (χ2n) is 1.99. The highest BCUT2D eigenvalue weighted by atomic mass is 16.5. The normalized spacial score (nSPS) is 17.3. The molecule has 9 heavy (non-hydrogen) atoms. The van der Waals surface area contributed by atoms with Gasteiger partial charge in [0.05, 0.1) is 12.1 Å². The van der Waals surface area contributed by atoms with Crippen LogP contribution in [0, 0.1) is 0 Å². The Morgan fingerprint density at radius 3 is 2.22 bits per heavy atom. The van der Waals surface area contributed by atoms with Gasteiger partial charge in [-0.05, 0) is 13.3 Å². The van der Waals surface area contributed by atoms with Crippen molar-refractivity contribution in [3.8, 4) is 0 Å². The van der Waals surface area contributed by atoms with Crippen molar-refractivity contribution in [2.75, 3.05) is 6.61 Å². The van der Waals surface area contributed by atoms with Crippen LogP contribution in [0.5, 0.6) is 0 Å². The van der Waals surface area contributed by atoms with Crippen LogP contribution >= 0.6 is 0 Å². The predicted molar refractivity (Wildman–Crippen MR) is 32.1 cm³/mol. The fourth-order valence-electron chi connectivity index (χ4n) is 0.553. The second kappa shape index (κ2) is 4.69. The second-order valence-corrected chi connectivity index (χ2v) is 1.99. The first-order valence-corrected chi connectivity index (χ1v) is 2.91. The molecule has 2 atom stereocenters. The average molecular weight is 135 g/mol. The van der Waals surface area contributed by atoms with Crippen LogP contribution in [0.1, 0.15) is 13.3 Å². The summed E-state index contributed by atoms with van der Waals surface area (Å²) in [7, 11) is 0. The smallest absolute Gasteiger partial charge is 0.0688 e. The van der Waals surface area contributed by atoms with Crippen LogP contribution in [-0.4, -0.2) is 34.2 Å². The molecule has 4 heteroatoms. The first-order chi connectivity index (χ1) is 4.22. The zero-order valence-corrected chi connectivity index (χ0v) is 5.41. The molecule has 0 saturated carbocycles. The highest BCUT2D eigenvalue weighted by Gasteiger charge is 2.11. The van der Waals surface area contributed by atoms with Crippen LogP contribution < -0.4 is 5.48 Å². The molecule has 0 aliphatic heterocycles. The van der Waals surface area contributed by atoms with Crippen LogP contribution in [0.2, 0.25) is 0 Å². The molecule has 0 aromatic heterocycles. The molecule has 0 bridgehead atoms. The van der Waals surface area contributed by atoms with E-state index in [0.29, 0.717) is 6.42 Å². The van der Waals surface area contributed by atoms with E-state index < -0.39 is 12.1 Å². The van der Waals surface area contributed by atoms with Crippen molar-refractivity contribution in [3.05, 3.63) is 0 Å². The maximum atomic E-state index is 8.81. The molecule has 4 nitrogen and oxygen atoms in total. The molecule has 0 aromatic carbocycles. The van der Waals surface area contributed by atoms with Gasteiger partial charge < -0.3 is 15.4 Å². The van der Waals surface area contributed by atoms with E-state index in [1.807, 2.05) is 5.48 Å². The quantitative estimate of drug-likeness (QED) is 0.377. The van der Waals surface area contributed by atoms with Gasteiger partial charge in [0.25, 0.3) is 0 Å². The van der Waals surface area contributed by atoms with Crippen LogP contribution in [0.3, 0.4) is 0 Å². The number of hydroxylamine groups is 1. The molecular weight excluding hydrogens is 122 g/mol. The topological polar surface area (TPSA) is 72.7 Å². The summed E-state index contributed by atoms with van der Waals surface area (Å²) in [6.45, 7) is 1.51. The van der Waals surface area contributed by atoms with Crippen molar-refractivity contribution < 1.29 is 15.4 Å². The van der Waals surface area contributed by atoms with Gasteiger partial charge in [-0.1, -0.05) is 0 Å². The Bertz CT molecular complexity index is 67.2. The van der Waals surface area contributed by atoms with E-state index in [9.17, 15) is 0 Å². The molecule has 0 aromatic rings. The van der Waals surface area contributed by atoms with Gasteiger partial charge >= 0.3 is 0 Å². The summed E-state index contributed by atoms with van der Waals surface area (Å²) < 4.78 is 0. The van der Waals surface area contributed by atoms with Crippen LogP contribution in [0.15, 0.2) is 0 Å². The SMILES string of the molecule is CC(O)C(CCO)NO. The Labute approximate surface area is 54.1 Å². The molecule has 4 N–H and O–H groups in total. The summed E-state index contributed by atoms with van der Waals surface area (Å²) >= 11 is 0. The number of rotatable bonds is 4. The number of hydrogen-bond acceptors (Lipinski definition) is 4. The van der Waals surface area contributed by atoms with Gasteiger partial charge in [-0.3, -0.25) is 0 Å². The first-order valence-electron chi connectivity index (χ1n) is 2.91. The lowest BCUT2D eigenvalue weighted by Gasteiger charge is -2.15. The zero-order chi connectivity index (χ0) is 7.28. The Kier molecular flexibility index (Phi) is 4.61. The molecular formula is C5H13NO3. The maximum Gasteiger partial charge on any atom is 0.0688 e. The zero-order valence-electron chi connectivity index (χ0n) is 5.41. The van der Waals surface area contributed by atoms with Crippen LogP contribution in [0.4, 0.5) is 0 Å². The molecule has 0 rings (SSSR count). The molecule has 0 heterocycles. The third-order valence-corrected chi connectivity index (χ3v) is 1.19. The van der Waals surface area contributed by atoms with Gasteiger partial charge in [0, 0.05) is 6.61 Å². The molecule has 0 fully saturated rings. The molecule has 0 saturated heterocycles. The Morgan fingerprint density at radius 1 is 1.56 bits per heavy atom. The van der Waals surface area contributed by atoms with Gasteiger partial charge in [-0.15, -0.1) is 0 Å². The number of nitrogens with one attached hydrogen (secondary N) is 1. The number of aliphatic hydroxyl groups is 2. The van der Waals surface area contributed by atoms with Crippen LogP contribution in [0.25, 0.3) is 0 Å². The van der Waals surface area contributed by atoms with Gasteiger partial charge in [0.2, 0.25) is 0 Å². The largest absolute Gasteiger partial charge is 0.396 e. The van der Waals surface area contributed by atoms with Crippen molar-refractivity contribution in [3.63, 3.8) is 0 Å². The molecule has 56 valence electrons. The van der Waals surface area contributed by atoms with E-state index in [2.05, 4.69) is 0 Å². The van der Waals surface area contributed by atoms with E-state index >= 15 is 0 Å². The highest BCUT2D eigenvalue weighted by Crippen LogP contribution is 1.95. The lowest BCUT2D eigenvalue weighted by molar-refractivity contribution is 0.0368. The fraction of sp³-hybridized carbons (Fsp3) is 1.00. The summed E-state index contributed by atoms with van der Waals surface area (Å²) in [6, 6.07) is -0.421. The Morgan fingerprint density at radius 2 is 2.11 bits per heavy atom. The Balaban J connectivity index is 3.41. The summed E-state index contributed by atoms with van der Waals surface area (Å²) in [6.07, 6.45) is -0.282. The van der Waals surface area contributed by atoms with E-state index in [0.717, 1.165) is 0 Å². The third kappa shape index (κ3) is 3.42. The minimum absolute atomic E-state index is 0.0386. The maximum absolute atomic E-state index is 8.81. The van der Waals surface area contributed by atoms with Crippen LogP contribution in [-0.2, 0) is 0 Å². The van der Waals surface area contributed by atoms with Crippen molar-refractivity contribution >= 4 is 0 Å². The molecule has 0 radical (unpaired) electrons. The Hall–Kier alpha value is -0.160.